The molecule has 0 amide bonds. The normalized spacial score (nSPS) is 17.3. The summed E-state index contributed by atoms with van der Waals surface area (Å²) >= 11 is 6.48. The molecule has 0 saturated heterocycles. The van der Waals surface area contributed by atoms with Gasteiger partial charge in [-0.1, -0.05) is 0 Å². The fourth-order valence-electron chi connectivity index (χ4n) is 1.82. The first-order valence-corrected chi connectivity index (χ1v) is 8.26. The Kier molecular flexibility index (Phi) is 4.41. The van der Waals surface area contributed by atoms with E-state index < -0.39 is 0 Å². The molecule has 0 radical (unpaired) electrons. The lowest BCUT2D eigenvalue weighted by molar-refractivity contribution is 0.977. The third-order valence-electron chi connectivity index (χ3n) is 3.27. The third-order valence-corrected chi connectivity index (χ3v) is 4.09. The molecule has 104 valence electrons. The molecular formula is C14H14Br2N4. The van der Waals surface area contributed by atoms with E-state index in [0.29, 0.717) is 11.8 Å². The maximum Gasteiger partial charge on any atom is 0.124 e. The Bertz CT molecular complexity index is 509. The summed E-state index contributed by atoms with van der Waals surface area (Å²) in [5.74, 6) is 1.42. The highest BCUT2D eigenvalue weighted by molar-refractivity contribution is 9.10. The molecule has 2 fully saturated rings. The van der Waals surface area contributed by atoms with E-state index in [-0.39, 0.29) is 0 Å². The average molecular weight is 398 g/mol. The van der Waals surface area contributed by atoms with E-state index in [1.54, 1.807) is 12.4 Å². The van der Waals surface area contributed by atoms with E-state index in [1.165, 1.54) is 25.7 Å². The van der Waals surface area contributed by atoms with Crippen molar-refractivity contribution in [3.8, 4) is 0 Å². The predicted molar refractivity (Wildman–Crippen MR) is 83.4 cm³/mol. The first kappa shape index (κ1) is 14.1. The van der Waals surface area contributed by atoms with Gasteiger partial charge in [-0.15, -0.1) is 0 Å². The fraction of sp³-hybridized carbons (Fsp3) is 0.429. The number of hydrogen-bond acceptors (Lipinski definition) is 4. The van der Waals surface area contributed by atoms with Gasteiger partial charge in [-0.05, 0) is 57.5 Å². The monoisotopic (exact) mass is 396 g/mol. The van der Waals surface area contributed by atoms with Crippen LogP contribution in [0.15, 0.2) is 34.0 Å². The van der Waals surface area contributed by atoms with E-state index in [4.69, 9.17) is 0 Å². The van der Waals surface area contributed by atoms with E-state index in [2.05, 4.69) is 51.8 Å². The summed E-state index contributed by atoms with van der Waals surface area (Å²) in [5, 5.41) is 0. The van der Waals surface area contributed by atoms with Gasteiger partial charge in [0.15, 0.2) is 0 Å². The van der Waals surface area contributed by atoms with Gasteiger partial charge in [-0.3, -0.25) is 9.97 Å². The largest absolute Gasteiger partial charge is 0.257 e. The summed E-state index contributed by atoms with van der Waals surface area (Å²) in [5.41, 5.74) is 2.28. The van der Waals surface area contributed by atoms with Gasteiger partial charge in [0.25, 0.3) is 0 Å². The number of rotatable bonds is 2. The Balaban J connectivity index is 0.000000121. The van der Waals surface area contributed by atoms with Gasteiger partial charge in [0.05, 0.1) is 23.8 Å². The molecule has 0 bridgehead atoms. The van der Waals surface area contributed by atoms with Crippen molar-refractivity contribution < 1.29 is 0 Å². The van der Waals surface area contributed by atoms with Crippen LogP contribution in [0.3, 0.4) is 0 Å². The first-order valence-electron chi connectivity index (χ1n) is 6.67. The van der Waals surface area contributed by atoms with Gasteiger partial charge in [-0.2, -0.15) is 0 Å². The maximum atomic E-state index is 4.23. The van der Waals surface area contributed by atoms with Crippen LogP contribution in [0.5, 0.6) is 0 Å². The highest BCUT2D eigenvalue weighted by Crippen LogP contribution is 2.39. The Labute approximate surface area is 134 Å². The minimum Gasteiger partial charge on any atom is -0.257 e. The molecule has 2 heterocycles. The second-order valence-corrected chi connectivity index (χ2v) is 6.70. The van der Waals surface area contributed by atoms with Crippen LogP contribution in [0.4, 0.5) is 0 Å². The third kappa shape index (κ3) is 4.06. The predicted octanol–water partition coefficient (Wildman–Crippen LogP) is 4.23. The number of nitrogens with zero attached hydrogens (tertiary/aromatic N) is 4. The molecular weight excluding hydrogens is 384 g/mol. The van der Waals surface area contributed by atoms with Crippen LogP contribution in [-0.4, -0.2) is 19.9 Å². The Hall–Kier alpha value is -0.880. The van der Waals surface area contributed by atoms with Crippen LogP contribution in [0, 0.1) is 0 Å². The fourth-order valence-corrected chi connectivity index (χ4v) is 2.23. The van der Waals surface area contributed by atoms with Crippen LogP contribution in [-0.2, 0) is 0 Å². The average Bonchev–Trinajstić information content (AvgIpc) is 3.33. The molecule has 4 nitrogen and oxygen atoms in total. The van der Waals surface area contributed by atoms with Crippen LogP contribution < -0.4 is 0 Å². The highest BCUT2D eigenvalue weighted by Gasteiger charge is 2.25. The van der Waals surface area contributed by atoms with Gasteiger partial charge < -0.3 is 0 Å². The molecule has 2 aliphatic carbocycles. The van der Waals surface area contributed by atoms with E-state index >= 15 is 0 Å². The summed E-state index contributed by atoms with van der Waals surface area (Å²) in [7, 11) is 0. The van der Waals surface area contributed by atoms with Crippen LogP contribution in [0.25, 0.3) is 0 Å². The number of aromatic nitrogens is 4. The zero-order valence-electron chi connectivity index (χ0n) is 10.8. The minimum absolute atomic E-state index is 0.709. The molecule has 6 heteroatoms. The molecule has 0 aliphatic heterocycles. The molecule has 2 aromatic heterocycles. The van der Waals surface area contributed by atoms with Crippen molar-refractivity contribution in [3.63, 3.8) is 0 Å². The molecule has 2 aliphatic rings. The highest BCUT2D eigenvalue weighted by atomic mass is 79.9. The van der Waals surface area contributed by atoms with Gasteiger partial charge in [0, 0.05) is 24.2 Å². The molecule has 0 N–H and O–H groups in total. The quantitative estimate of drug-likeness (QED) is 0.760. The van der Waals surface area contributed by atoms with Crippen LogP contribution in [0.2, 0.25) is 0 Å². The summed E-state index contributed by atoms with van der Waals surface area (Å²) in [4.78, 5) is 16.7. The van der Waals surface area contributed by atoms with Crippen molar-refractivity contribution >= 4 is 31.9 Å². The summed E-state index contributed by atoms with van der Waals surface area (Å²) in [6.45, 7) is 0. The topological polar surface area (TPSA) is 51.6 Å². The molecule has 0 spiro atoms. The summed E-state index contributed by atoms with van der Waals surface area (Å²) in [6, 6.07) is 0. The minimum atomic E-state index is 0.709. The van der Waals surface area contributed by atoms with Crippen molar-refractivity contribution in [2.45, 2.75) is 37.5 Å². The van der Waals surface area contributed by atoms with E-state index in [9.17, 15) is 0 Å². The van der Waals surface area contributed by atoms with Crippen molar-refractivity contribution in [3.05, 3.63) is 45.4 Å². The standard InChI is InChI=1S/2C7H7BrN2/c2*8-7-4-9-6(3-10-7)5-1-2-5/h2*3-5H,1-2H2. The van der Waals surface area contributed by atoms with E-state index in [0.717, 1.165) is 20.6 Å². The van der Waals surface area contributed by atoms with Crippen LogP contribution >= 0.6 is 31.9 Å². The zero-order valence-corrected chi connectivity index (χ0v) is 14.0. The second-order valence-electron chi connectivity index (χ2n) is 5.08. The molecule has 0 unspecified atom stereocenters. The van der Waals surface area contributed by atoms with Crippen LogP contribution in [0.1, 0.15) is 48.9 Å². The van der Waals surface area contributed by atoms with Gasteiger partial charge >= 0.3 is 0 Å². The van der Waals surface area contributed by atoms with Gasteiger partial charge in [0.1, 0.15) is 9.21 Å². The van der Waals surface area contributed by atoms with E-state index in [1.807, 2.05) is 12.4 Å². The smallest absolute Gasteiger partial charge is 0.124 e. The van der Waals surface area contributed by atoms with Crippen molar-refractivity contribution in [2.24, 2.45) is 0 Å². The van der Waals surface area contributed by atoms with Gasteiger partial charge in [-0.25, -0.2) is 9.97 Å². The number of halogens is 2. The Morgan fingerprint density at radius 3 is 1.30 bits per heavy atom. The second kappa shape index (κ2) is 6.26. The molecule has 0 aromatic carbocycles. The van der Waals surface area contributed by atoms with Crippen molar-refractivity contribution in [1.29, 1.82) is 0 Å². The lowest BCUT2D eigenvalue weighted by Gasteiger charge is -1.93. The number of hydrogen-bond donors (Lipinski definition) is 0. The lowest BCUT2D eigenvalue weighted by Crippen LogP contribution is -1.86. The van der Waals surface area contributed by atoms with Crippen molar-refractivity contribution in [1.82, 2.24) is 19.9 Å². The zero-order chi connectivity index (χ0) is 13.9. The lowest BCUT2D eigenvalue weighted by atomic mass is 10.3. The SMILES string of the molecule is Brc1cnc(C2CC2)cn1.Brc1cnc(C2CC2)cn1. The molecule has 4 rings (SSSR count). The first-order chi connectivity index (χ1) is 9.72. The Morgan fingerprint density at radius 2 is 1.05 bits per heavy atom. The molecule has 20 heavy (non-hydrogen) atoms. The molecule has 2 saturated carbocycles. The maximum absolute atomic E-state index is 4.23. The molecule has 0 atom stereocenters. The summed E-state index contributed by atoms with van der Waals surface area (Å²) in [6.07, 6.45) is 12.4. The van der Waals surface area contributed by atoms with Gasteiger partial charge in [0.2, 0.25) is 0 Å². The van der Waals surface area contributed by atoms with Crippen molar-refractivity contribution in [2.75, 3.05) is 0 Å². The Morgan fingerprint density at radius 1 is 0.650 bits per heavy atom. The molecule has 2 aromatic rings. The summed E-state index contributed by atoms with van der Waals surface area (Å²) < 4.78 is 1.63.